The lowest BCUT2D eigenvalue weighted by atomic mass is 10.2. The molecule has 1 saturated heterocycles. The predicted octanol–water partition coefficient (Wildman–Crippen LogP) is 0.888. The van der Waals surface area contributed by atoms with Gasteiger partial charge in [0.1, 0.15) is 6.54 Å². The third-order valence-corrected chi connectivity index (χ3v) is 7.01. The van der Waals surface area contributed by atoms with E-state index < -0.39 is 10.0 Å². The number of halogens is 1. The minimum atomic E-state index is -3.56. The number of nitrogens with one attached hydrogen (secondary N) is 1. The van der Waals surface area contributed by atoms with Gasteiger partial charge in [0.15, 0.2) is 6.54 Å². The number of hydrogen-bond acceptors (Lipinski definition) is 3. The molecule has 1 amide bonds. The first-order chi connectivity index (χ1) is 13.4. The van der Waals surface area contributed by atoms with Gasteiger partial charge in [0.05, 0.1) is 11.9 Å². The molecule has 8 heteroatoms. The molecule has 3 rings (SSSR count). The largest absolute Gasteiger partial charge is 0.335 e. The highest BCUT2D eigenvalue weighted by atomic mass is 35.5. The monoisotopic (exact) mass is 422 g/mol. The summed E-state index contributed by atoms with van der Waals surface area (Å²) in [5.74, 6) is 0.0528. The Balaban J connectivity index is 1.53. The van der Waals surface area contributed by atoms with Crippen LogP contribution < -0.4 is 4.90 Å². The molecular formula is C20H25ClN3O3S+. The average Bonchev–Trinajstić information content (AvgIpc) is 2.69. The average molecular weight is 423 g/mol. The van der Waals surface area contributed by atoms with Crippen molar-refractivity contribution in [3.63, 3.8) is 0 Å². The van der Waals surface area contributed by atoms with Crippen LogP contribution in [-0.2, 0) is 21.4 Å². The van der Waals surface area contributed by atoms with Crippen molar-refractivity contribution in [3.8, 4) is 0 Å². The minimum Gasteiger partial charge on any atom is -0.335 e. The fourth-order valence-electron chi connectivity index (χ4n) is 3.31. The summed E-state index contributed by atoms with van der Waals surface area (Å²) in [4.78, 5) is 15.7. The van der Waals surface area contributed by atoms with Crippen molar-refractivity contribution >= 4 is 27.5 Å². The van der Waals surface area contributed by atoms with Crippen LogP contribution in [0.3, 0.4) is 0 Å². The van der Waals surface area contributed by atoms with E-state index in [2.05, 4.69) is 0 Å². The van der Waals surface area contributed by atoms with Gasteiger partial charge in [-0.25, -0.2) is 8.42 Å². The SMILES string of the molecule is C[NH+](CC(=O)N1CCN(S(=O)(=O)c2ccc(Cl)cc2)CC1)Cc1ccccc1. The Bertz CT molecular complexity index is 896. The first kappa shape index (κ1) is 20.8. The summed E-state index contributed by atoms with van der Waals surface area (Å²) in [7, 11) is -1.57. The number of hydrogen-bond donors (Lipinski definition) is 1. The Hall–Kier alpha value is -1.93. The van der Waals surface area contributed by atoms with Crippen molar-refractivity contribution < 1.29 is 18.1 Å². The second kappa shape index (κ2) is 9.05. The molecule has 0 spiro atoms. The van der Waals surface area contributed by atoms with Crippen molar-refractivity contribution in [1.82, 2.24) is 9.21 Å². The molecule has 0 radical (unpaired) electrons. The fraction of sp³-hybridized carbons (Fsp3) is 0.350. The van der Waals surface area contributed by atoms with Crippen LogP contribution in [0.1, 0.15) is 5.56 Å². The molecule has 28 heavy (non-hydrogen) atoms. The van der Waals surface area contributed by atoms with Crippen molar-refractivity contribution in [3.05, 3.63) is 65.2 Å². The van der Waals surface area contributed by atoms with Crippen molar-refractivity contribution in [2.75, 3.05) is 39.8 Å². The molecular weight excluding hydrogens is 398 g/mol. The maximum absolute atomic E-state index is 12.7. The Morgan fingerprint density at radius 3 is 2.21 bits per heavy atom. The molecule has 0 saturated carbocycles. The van der Waals surface area contributed by atoms with E-state index in [1.807, 2.05) is 37.4 Å². The molecule has 0 aromatic heterocycles. The summed E-state index contributed by atoms with van der Waals surface area (Å²) >= 11 is 5.84. The molecule has 6 nitrogen and oxygen atoms in total. The molecule has 0 aliphatic carbocycles. The lowest BCUT2D eigenvalue weighted by molar-refractivity contribution is -0.885. The standard InChI is InChI=1S/C20H24ClN3O3S/c1-22(15-17-5-3-2-4-6-17)16-20(25)23-11-13-24(14-12-23)28(26,27)19-9-7-18(21)8-10-19/h2-10H,11-16H2,1H3/p+1. The molecule has 1 aliphatic rings. The third-order valence-electron chi connectivity index (χ3n) is 4.84. The van der Waals surface area contributed by atoms with Crippen LogP contribution in [0.2, 0.25) is 5.02 Å². The van der Waals surface area contributed by atoms with Crippen molar-refractivity contribution in [1.29, 1.82) is 0 Å². The predicted molar refractivity (Wildman–Crippen MR) is 109 cm³/mol. The number of nitrogens with zero attached hydrogens (tertiary/aromatic N) is 2. The lowest BCUT2D eigenvalue weighted by Gasteiger charge is -2.34. The van der Waals surface area contributed by atoms with Crippen LogP contribution in [0.4, 0.5) is 0 Å². The van der Waals surface area contributed by atoms with E-state index in [0.717, 1.165) is 11.4 Å². The zero-order valence-corrected chi connectivity index (χ0v) is 17.4. The molecule has 1 atom stereocenters. The van der Waals surface area contributed by atoms with E-state index in [-0.39, 0.29) is 10.8 Å². The van der Waals surface area contributed by atoms with E-state index in [0.29, 0.717) is 37.7 Å². The zero-order valence-electron chi connectivity index (χ0n) is 15.8. The Labute approximate surface area is 171 Å². The number of sulfonamides is 1. The first-order valence-electron chi connectivity index (χ1n) is 9.25. The Morgan fingerprint density at radius 1 is 1.00 bits per heavy atom. The summed E-state index contributed by atoms with van der Waals surface area (Å²) in [6, 6.07) is 16.2. The van der Waals surface area contributed by atoms with Crippen molar-refractivity contribution in [2.24, 2.45) is 0 Å². The van der Waals surface area contributed by atoms with Crippen LogP contribution in [0.5, 0.6) is 0 Å². The molecule has 1 heterocycles. The van der Waals surface area contributed by atoms with Gasteiger partial charge in [0.2, 0.25) is 10.0 Å². The second-order valence-corrected chi connectivity index (χ2v) is 9.41. The lowest BCUT2D eigenvalue weighted by Crippen LogP contribution is -3.09. The Morgan fingerprint density at radius 2 is 1.61 bits per heavy atom. The first-order valence-corrected chi connectivity index (χ1v) is 11.1. The van der Waals surface area contributed by atoms with Gasteiger partial charge in [0.25, 0.3) is 5.91 Å². The maximum Gasteiger partial charge on any atom is 0.277 e. The fourth-order valence-corrected chi connectivity index (χ4v) is 4.86. The summed E-state index contributed by atoms with van der Waals surface area (Å²) < 4.78 is 26.9. The highest BCUT2D eigenvalue weighted by Crippen LogP contribution is 2.19. The van der Waals surface area contributed by atoms with Gasteiger partial charge in [-0.15, -0.1) is 0 Å². The van der Waals surface area contributed by atoms with Crippen molar-refractivity contribution in [2.45, 2.75) is 11.4 Å². The molecule has 0 bridgehead atoms. The number of carbonyl (C=O) groups is 1. The summed E-state index contributed by atoms with van der Waals surface area (Å²) in [6.07, 6.45) is 0. The molecule has 1 aliphatic heterocycles. The number of rotatable bonds is 6. The van der Waals surface area contributed by atoms with Crippen LogP contribution in [-0.4, -0.2) is 63.3 Å². The van der Waals surface area contributed by atoms with Gasteiger partial charge in [-0.2, -0.15) is 4.31 Å². The molecule has 1 unspecified atom stereocenters. The zero-order chi connectivity index (χ0) is 20.1. The van der Waals surface area contributed by atoms with Gasteiger partial charge in [-0.1, -0.05) is 41.9 Å². The molecule has 1 fully saturated rings. The third kappa shape index (κ3) is 5.11. The number of likely N-dealkylation sites (N-methyl/N-ethyl adjacent to an activating group) is 1. The number of amides is 1. The Kier molecular flexibility index (Phi) is 6.72. The van der Waals surface area contributed by atoms with E-state index in [1.54, 1.807) is 17.0 Å². The minimum absolute atomic E-state index is 0.0528. The highest BCUT2D eigenvalue weighted by molar-refractivity contribution is 7.89. The summed E-state index contributed by atoms with van der Waals surface area (Å²) in [5.41, 5.74) is 1.19. The number of piperazine rings is 1. The van der Waals surface area contributed by atoms with Crippen LogP contribution in [0.15, 0.2) is 59.5 Å². The van der Waals surface area contributed by atoms with E-state index >= 15 is 0 Å². The normalized spacial score (nSPS) is 16.7. The number of benzene rings is 2. The van der Waals surface area contributed by atoms with Gasteiger partial charge in [0, 0.05) is 36.8 Å². The van der Waals surface area contributed by atoms with E-state index in [1.165, 1.54) is 22.0 Å². The highest BCUT2D eigenvalue weighted by Gasteiger charge is 2.30. The molecule has 2 aromatic carbocycles. The van der Waals surface area contributed by atoms with Crippen LogP contribution in [0.25, 0.3) is 0 Å². The summed E-state index contributed by atoms with van der Waals surface area (Å²) in [6.45, 7) is 2.58. The van der Waals surface area contributed by atoms with Crippen LogP contribution in [0, 0.1) is 0 Å². The van der Waals surface area contributed by atoms with Crippen LogP contribution >= 0.6 is 11.6 Å². The van der Waals surface area contributed by atoms with E-state index in [4.69, 9.17) is 11.6 Å². The number of carbonyl (C=O) groups excluding carboxylic acids is 1. The molecule has 150 valence electrons. The van der Waals surface area contributed by atoms with Gasteiger partial charge >= 0.3 is 0 Å². The van der Waals surface area contributed by atoms with E-state index in [9.17, 15) is 13.2 Å². The topological polar surface area (TPSA) is 62.1 Å². The molecule has 1 N–H and O–H groups in total. The number of quaternary nitrogens is 1. The smallest absolute Gasteiger partial charge is 0.277 e. The quantitative estimate of drug-likeness (QED) is 0.752. The van der Waals surface area contributed by atoms with Gasteiger partial charge < -0.3 is 9.80 Å². The molecule has 2 aromatic rings. The second-order valence-electron chi connectivity index (χ2n) is 7.04. The van der Waals surface area contributed by atoms with Gasteiger partial charge in [-0.3, -0.25) is 4.79 Å². The van der Waals surface area contributed by atoms with Gasteiger partial charge in [-0.05, 0) is 24.3 Å². The summed E-state index contributed by atoms with van der Waals surface area (Å²) in [5, 5.41) is 0.497. The maximum atomic E-state index is 12.7.